The smallest absolute Gasteiger partial charge is 0.355 e. The van der Waals surface area contributed by atoms with Gasteiger partial charge in [-0.25, -0.2) is 9.59 Å². The molecule has 1 heterocycles. The zero-order chi connectivity index (χ0) is 8.59. The van der Waals surface area contributed by atoms with Gasteiger partial charge < -0.3 is 5.11 Å². The highest BCUT2D eigenvalue weighted by atomic mass is 79.9. The van der Waals surface area contributed by atoms with Crippen LogP contribution in [0.2, 0.25) is 0 Å². The molecule has 0 fully saturated rings. The van der Waals surface area contributed by atoms with Crippen molar-refractivity contribution in [2.75, 3.05) is 0 Å². The molecule has 0 saturated heterocycles. The fourth-order valence-electron chi connectivity index (χ4n) is 0.641. The Morgan fingerprint density at radius 2 is 2.27 bits per heavy atom. The first-order valence-corrected chi connectivity index (χ1v) is 3.51. The van der Waals surface area contributed by atoms with Crippen LogP contribution in [0.25, 0.3) is 0 Å². The first-order valence-electron chi connectivity index (χ1n) is 2.72. The number of carbonyl (C=O) groups is 1. The number of carboxylic acids is 1. The van der Waals surface area contributed by atoms with Gasteiger partial charge in [0.15, 0.2) is 5.69 Å². The largest absolute Gasteiger partial charge is 0.476 e. The number of halogens is 1. The van der Waals surface area contributed by atoms with E-state index in [4.69, 9.17) is 5.11 Å². The average Bonchev–Trinajstić information content (AvgIpc) is 2.17. The van der Waals surface area contributed by atoms with E-state index in [2.05, 4.69) is 20.9 Å². The van der Waals surface area contributed by atoms with Crippen LogP contribution in [0.3, 0.4) is 0 Å². The number of nitrogens with zero attached hydrogens (tertiary/aromatic N) is 1. The van der Waals surface area contributed by atoms with E-state index in [1.54, 1.807) is 0 Å². The lowest BCUT2D eigenvalue weighted by atomic mass is 10.5. The van der Waals surface area contributed by atoms with Crippen molar-refractivity contribution >= 4 is 21.9 Å². The molecule has 0 radical (unpaired) electrons. The molecule has 6 heteroatoms. The van der Waals surface area contributed by atoms with Crippen LogP contribution >= 0.6 is 15.9 Å². The molecule has 0 aliphatic rings. The third kappa shape index (κ3) is 1.21. The van der Waals surface area contributed by atoms with E-state index in [9.17, 15) is 9.59 Å². The van der Waals surface area contributed by atoms with E-state index in [1.165, 1.54) is 11.6 Å². The van der Waals surface area contributed by atoms with Gasteiger partial charge in [0.2, 0.25) is 0 Å². The Balaban J connectivity index is 3.42. The van der Waals surface area contributed by atoms with E-state index >= 15 is 0 Å². The summed E-state index contributed by atoms with van der Waals surface area (Å²) in [5.41, 5.74) is -0.577. The van der Waals surface area contributed by atoms with Crippen LogP contribution in [0.4, 0.5) is 0 Å². The van der Waals surface area contributed by atoms with E-state index in [1.807, 2.05) is 0 Å². The van der Waals surface area contributed by atoms with Gasteiger partial charge in [-0.2, -0.15) is 0 Å². The molecule has 0 amide bonds. The molecule has 1 aromatic heterocycles. The second-order valence-corrected chi connectivity index (χ2v) is 2.71. The summed E-state index contributed by atoms with van der Waals surface area (Å²) in [6.07, 6.45) is 0. The van der Waals surface area contributed by atoms with E-state index < -0.39 is 11.7 Å². The number of hydrogen-bond donors (Lipinski definition) is 2. The quantitative estimate of drug-likeness (QED) is 0.709. The minimum Gasteiger partial charge on any atom is -0.476 e. The molecule has 0 aromatic carbocycles. The highest BCUT2D eigenvalue weighted by Gasteiger charge is 2.13. The van der Waals surface area contributed by atoms with Gasteiger partial charge in [0.1, 0.15) is 4.60 Å². The first kappa shape index (κ1) is 8.06. The SMILES string of the molecule is Cn1c(Br)c(C(=O)O)[nH]c1=O. The summed E-state index contributed by atoms with van der Waals surface area (Å²) in [4.78, 5) is 23.3. The molecule has 60 valence electrons. The van der Waals surface area contributed by atoms with Crippen molar-refractivity contribution in [2.45, 2.75) is 0 Å². The third-order valence-electron chi connectivity index (χ3n) is 1.25. The van der Waals surface area contributed by atoms with Crippen LogP contribution in [0, 0.1) is 0 Å². The van der Waals surface area contributed by atoms with Gasteiger partial charge in [-0.05, 0) is 15.9 Å². The highest BCUT2D eigenvalue weighted by molar-refractivity contribution is 9.10. The number of H-pyrrole nitrogens is 1. The van der Waals surface area contributed by atoms with Gasteiger partial charge >= 0.3 is 11.7 Å². The van der Waals surface area contributed by atoms with Gasteiger partial charge in [0.25, 0.3) is 0 Å². The Bertz CT molecular complexity index is 351. The molecule has 1 rings (SSSR count). The predicted octanol–water partition coefficient (Wildman–Crippen LogP) is 0.174. The predicted molar refractivity (Wildman–Crippen MR) is 40.7 cm³/mol. The molecular weight excluding hydrogens is 216 g/mol. The van der Waals surface area contributed by atoms with Crippen LogP contribution in [0.15, 0.2) is 9.40 Å². The molecule has 0 saturated carbocycles. The summed E-state index contributed by atoms with van der Waals surface area (Å²) in [6.45, 7) is 0. The lowest BCUT2D eigenvalue weighted by Gasteiger charge is -1.89. The lowest BCUT2D eigenvalue weighted by molar-refractivity contribution is 0.0689. The number of aromatic nitrogens is 2. The van der Waals surface area contributed by atoms with Crippen molar-refractivity contribution in [3.05, 3.63) is 20.8 Å². The van der Waals surface area contributed by atoms with Crippen LogP contribution < -0.4 is 5.69 Å². The lowest BCUT2D eigenvalue weighted by Crippen LogP contribution is -2.12. The Labute approximate surface area is 69.8 Å². The Kier molecular flexibility index (Phi) is 1.86. The zero-order valence-corrected chi connectivity index (χ0v) is 7.17. The number of nitrogens with one attached hydrogen (secondary N) is 1. The highest BCUT2D eigenvalue weighted by Crippen LogP contribution is 2.10. The number of carboxylic acid groups (broad SMARTS) is 1. The van der Waals surface area contributed by atoms with E-state index in [-0.39, 0.29) is 10.3 Å². The number of aromatic carboxylic acids is 1. The molecule has 1 aromatic rings. The molecule has 0 atom stereocenters. The van der Waals surface area contributed by atoms with Crippen LogP contribution in [0.1, 0.15) is 10.5 Å². The van der Waals surface area contributed by atoms with Crippen molar-refractivity contribution in [1.82, 2.24) is 9.55 Å². The fraction of sp³-hybridized carbons (Fsp3) is 0.200. The topological polar surface area (TPSA) is 75.1 Å². The summed E-state index contributed by atoms with van der Waals surface area (Å²) in [6, 6.07) is 0. The number of aromatic amines is 1. The third-order valence-corrected chi connectivity index (χ3v) is 2.18. The van der Waals surface area contributed by atoms with Crippen molar-refractivity contribution < 1.29 is 9.90 Å². The van der Waals surface area contributed by atoms with Gasteiger partial charge in [-0.1, -0.05) is 0 Å². The number of imidazole rings is 1. The van der Waals surface area contributed by atoms with E-state index in [0.29, 0.717) is 0 Å². The van der Waals surface area contributed by atoms with Gasteiger partial charge in [0, 0.05) is 7.05 Å². The molecule has 0 unspecified atom stereocenters. The standard InChI is InChI=1S/C5H5BrN2O3/c1-8-3(6)2(4(9)10)7-5(8)11/h1H3,(H,7,11)(H,9,10). The minimum absolute atomic E-state index is 0.127. The maximum Gasteiger partial charge on any atom is 0.355 e. The molecule has 0 aliphatic carbocycles. The molecule has 0 aliphatic heterocycles. The Hall–Kier alpha value is -1.04. The summed E-state index contributed by atoms with van der Waals surface area (Å²) in [5.74, 6) is -1.16. The molecule has 5 nitrogen and oxygen atoms in total. The fourth-order valence-corrected chi connectivity index (χ4v) is 1.07. The van der Waals surface area contributed by atoms with E-state index in [0.717, 1.165) is 0 Å². The molecule has 2 N–H and O–H groups in total. The van der Waals surface area contributed by atoms with Gasteiger partial charge in [0.05, 0.1) is 0 Å². The Morgan fingerprint density at radius 1 is 1.73 bits per heavy atom. The average molecular weight is 221 g/mol. The molecular formula is C5H5BrN2O3. The normalized spacial score (nSPS) is 10.0. The van der Waals surface area contributed by atoms with Crippen LogP contribution in [-0.4, -0.2) is 20.6 Å². The summed E-state index contributed by atoms with van der Waals surface area (Å²) >= 11 is 2.95. The van der Waals surface area contributed by atoms with Crippen molar-refractivity contribution in [3.8, 4) is 0 Å². The maximum absolute atomic E-state index is 10.8. The van der Waals surface area contributed by atoms with Crippen molar-refractivity contribution in [3.63, 3.8) is 0 Å². The summed E-state index contributed by atoms with van der Waals surface area (Å²) < 4.78 is 1.42. The molecule has 0 bridgehead atoms. The number of rotatable bonds is 1. The molecule has 0 spiro atoms. The zero-order valence-electron chi connectivity index (χ0n) is 5.59. The number of hydrogen-bond acceptors (Lipinski definition) is 2. The second-order valence-electron chi connectivity index (χ2n) is 1.96. The van der Waals surface area contributed by atoms with Gasteiger partial charge in [-0.3, -0.25) is 9.55 Å². The maximum atomic E-state index is 10.8. The van der Waals surface area contributed by atoms with Crippen LogP contribution in [-0.2, 0) is 7.05 Å². The molecule has 11 heavy (non-hydrogen) atoms. The second kappa shape index (κ2) is 2.54. The van der Waals surface area contributed by atoms with Crippen molar-refractivity contribution in [1.29, 1.82) is 0 Å². The minimum atomic E-state index is -1.16. The monoisotopic (exact) mass is 220 g/mol. The van der Waals surface area contributed by atoms with Crippen molar-refractivity contribution in [2.24, 2.45) is 7.05 Å². The first-order chi connectivity index (χ1) is 5.04. The van der Waals surface area contributed by atoms with Gasteiger partial charge in [-0.15, -0.1) is 0 Å². The summed E-state index contributed by atoms with van der Waals surface area (Å²) in [7, 11) is 1.47. The Morgan fingerprint density at radius 3 is 2.45 bits per heavy atom. The van der Waals surface area contributed by atoms with Crippen LogP contribution in [0.5, 0.6) is 0 Å². The summed E-state index contributed by atoms with van der Waals surface area (Å²) in [5, 5.41) is 8.49.